The molecule has 0 aliphatic carbocycles. The van der Waals surface area contributed by atoms with Crippen LogP contribution in [0.25, 0.3) is 11.1 Å². The fourth-order valence-electron chi connectivity index (χ4n) is 6.25. The summed E-state index contributed by atoms with van der Waals surface area (Å²) in [6.07, 6.45) is 0.930. The molecule has 7 aromatic carbocycles. The molecule has 0 atom stereocenters. The van der Waals surface area contributed by atoms with Gasteiger partial charge in [-0.1, -0.05) is 109 Å². The number of hydrogen-bond acceptors (Lipinski definition) is 2. The minimum atomic E-state index is 0.930. The highest BCUT2D eigenvalue weighted by Gasteiger charge is 2.15. The summed E-state index contributed by atoms with van der Waals surface area (Å²) in [4.78, 5) is 4.65. The Bertz CT molecular complexity index is 2050. The summed E-state index contributed by atoms with van der Waals surface area (Å²) in [5.41, 5.74) is 14.4. The summed E-state index contributed by atoms with van der Waals surface area (Å²) < 4.78 is 0. The van der Waals surface area contributed by atoms with Gasteiger partial charge in [-0.05, 0) is 126 Å². The molecule has 0 fully saturated rings. The SMILES string of the molecule is Cc1cccc(N(c2ccccc2)c2ccc(-c3ccc(N(c4ccccc4)c4ccc(Cc5ccccc5)c(C)c4)cc3)cc2)c1. The smallest absolute Gasteiger partial charge is 0.0464 e. The first-order valence-electron chi connectivity index (χ1n) is 16.2. The van der Waals surface area contributed by atoms with Gasteiger partial charge >= 0.3 is 0 Å². The standard InChI is InChI=1S/C45H38N2/c1-34-13-12-20-44(31-34)46(40-16-8-4-9-17-40)42-26-21-37(22-27-42)38-23-28-43(29-24-38)47(41-18-10-5-11-19-41)45-30-25-39(35(2)32-45)33-36-14-6-3-7-15-36/h3-32H,33H2,1-2H3. The average molecular weight is 607 g/mol. The summed E-state index contributed by atoms with van der Waals surface area (Å²) >= 11 is 0. The molecule has 2 heteroatoms. The molecule has 0 unspecified atom stereocenters. The average Bonchev–Trinajstić information content (AvgIpc) is 3.12. The van der Waals surface area contributed by atoms with Gasteiger partial charge in [0.2, 0.25) is 0 Å². The molecule has 0 amide bonds. The van der Waals surface area contributed by atoms with Crippen LogP contribution >= 0.6 is 0 Å². The van der Waals surface area contributed by atoms with E-state index in [1.54, 1.807) is 0 Å². The van der Waals surface area contributed by atoms with E-state index in [-0.39, 0.29) is 0 Å². The molecule has 7 rings (SSSR count). The molecule has 0 heterocycles. The molecule has 0 radical (unpaired) electrons. The minimum Gasteiger partial charge on any atom is -0.310 e. The second-order valence-corrected chi connectivity index (χ2v) is 12.0. The van der Waals surface area contributed by atoms with Gasteiger partial charge in [0.05, 0.1) is 0 Å². The van der Waals surface area contributed by atoms with Gasteiger partial charge in [-0.15, -0.1) is 0 Å². The first-order valence-corrected chi connectivity index (χ1v) is 16.2. The summed E-state index contributed by atoms with van der Waals surface area (Å²) in [7, 11) is 0. The van der Waals surface area contributed by atoms with Gasteiger partial charge in [0.25, 0.3) is 0 Å². The Morgan fingerprint density at radius 3 is 1.28 bits per heavy atom. The first-order chi connectivity index (χ1) is 23.1. The Labute approximate surface area is 278 Å². The number of benzene rings is 7. The van der Waals surface area contributed by atoms with Gasteiger partial charge in [0.1, 0.15) is 0 Å². The summed E-state index contributed by atoms with van der Waals surface area (Å²) in [6.45, 7) is 4.36. The fourth-order valence-corrected chi connectivity index (χ4v) is 6.25. The molecule has 0 saturated heterocycles. The maximum absolute atomic E-state index is 2.34. The molecule has 0 N–H and O–H groups in total. The lowest BCUT2D eigenvalue weighted by Gasteiger charge is -2.27. The van der Waals surface area contributed by atoms with Crippen molar-refractivity contribution in [3.05, 3.63) is 204 Å². The van der Waals surface area contributed by atoms with Crippen molar-refractivity contribution in [2.45, 2.75) is 20.3 Å². The molecular formula is C45H38N2. The molecular weight excluding hydrogens is 569 g/mol. The third-order valence-corrected chi connectivity index (χ3v) is 8.69. The number of para-hydroxylation sites is 2. The third kappa shape index (κ3) is 6.73. The van der Waals surface area contributed by atoms with Gasteiger partial charge in [-0.3, -0.25) is 0 Å². The normalized spacial score (nSPS) is 10.9. The Balaban J connectivity index is 1.18. The van der Waals surface area contributed by atoms with Crippen LogP contribution in [0.1, 0.15) is 22.3 Å². The Kier molecular flexibility index (Phi) is 8.66. The monoisotopic (exact) mass is 606 g/mol. The zero-order valence-electron chi connectivity index (χ0n) is 26.9. The lowest BCUT2D eigenvalue weighted by Crippen LogP contribution is -2.10. The highest BCUT2D eigenvalue weighted by molar-refractivity contribution is 5.81. The molecule has 2 nitrogen and oxygen atoms in total. The second-order valence-electron chi connectivity index (χ2n) is 12.0. The van der Waals surface area contributed by atoms with Crippen molar-refractivity contribution >= 4 is 34.1 Å². The maximum Gasteiger partial charge on any atom is 0.0464 e. The summed E-state index contributed by atoms with van der Waals surface area (Å²) in [5.74, 6) is 0. The third-order valence-electron chi connectivity index (χ3n) is 8.69. The van der Waals surface area contributed by atoms with E-state index < -0.39 is 0 Å². The Morgan fingerprint density at radius 1 is 0.362 bits per heavy atom. The Hall–Kier alpha value is -5.86. The van der Waals surface area contributed by atoms with Gasteiger partial charge in [0, 0.05) is 34.1 Å². The molecule has 47 heavy (non-hydrogen) atoms. The van der Waals surface area contributed by atoms with E-state index in [2.05, 4.69) is 206 Å². The van der Waals surface area contributed by atoms with Crippen LogP contribution in [0.2, 0.25) is 0 Å². The first kappa shape index (κ1) is 29.8. The van der Waals surface area contributed by atoms with Crippen molar-refractivity contribution in [3.8, 4) is 11.1 Å². The van der Waals surface area contributed by atoms with Crippen LogP contribution in [0.5, 0.6) is 0 Å². The zero-order chi connectivity index (χ0) is 32.0. The van der Waals surface area contributed by atoms with Crippen molar-refractivity contribution in [2.24, 2.45) is 0 Å². The van der Waals surface area contributed by atoms with Crippen LogP contribution in [0.15, 0.2) is 182 Å². The highest BCUT2D eigenvalue weighted by atomic mass is 15.1. The van der Waals surface area contributed by atoms with Crippen LogP contribution in [0.3, 0.4) is 0 Å². The van der Waals surface area contributed by atoms with Crippen LogP contribution in [-0.2, 0) is 6.42 Å². The van der Waals surface area contributed by atoms with Crippen LogP contribution in [-0.4, -0.2) is 0 Å². The van der Waals surface area contributed by atoms with Crippen molar-refractivity contribution in [2.75, 3.05) is 9.80 Å². The van der Waals surface area contributed by atoms with Gasteiger partial charge < -0.3 is 9.80 Å². The second kappa shape index (κ2) is 13.6. The zero-order valence-corrected chi connectivity index (χ0v) is 26.9. The predicted molar refractivity (Wildman–Crippen MR) is 200 cm³/mol. The largest absolute Gasteiger partial charge is 0.310 e. The van der Waals surface area contributed by atoms with E-state index in [0.717, 1.165) is 40.5 Å². The summed E-state index contributed by atoms with van der Waals surface area (Å²) in [6, 6.07) is 65.2. The van der Waals surface area contributed by atoms with Gasteiger partial charge in [-0.2, -0.15) is 0 Å². The van der Waals surface area contributed by atoms with Gasteiger partial charge in [-0.25, -0.2) is 0 Å². The maximum atomic E-state index is 2.34. The number of hydrogen-bond donors (Lipinski definition) is 0. The van der Waals surface area contributed by atoms with Gasteiger partial charge in [0.15, 0.2) is 0 Å². The van der Waals surface area contributed by atoms with E-state index in [9.17, 15) is 0 Å². The Morgan fingerprint density at radius 2 is 0.787 bits per heavy atom. The molecule has 0 aromatic heterocycles. The number of rotatable bonds is 9. The molecule has 7 aromatic rings. The van der Waals surface area contributed by atoms with E-state index >= 15 is 0 Å². The van der Waals surface area contributed by atoms with Crippen molar-refractivity contribution in [3.63, 3.8) is 0 Å². The van der Waals surface area contributed by atoms with Crippen LogP contribution in [0, 0.1) is 13.8 Å². The van der Waals surface area contributed by atoms with Crippen molar-refractivity contribution < 1.29 is 0 Å². The lowest BCUT2D eigenvalue weighted by molar-refractivity contribution is 1.15. The van der Waals surface area contributed by atoms with E-state index in [1.807, 2.05) is 0 Å². The van der Waals surface area contributed by atoms with Crippen LogP contribution in [0.4, 0.5) is 34.1 Å². The van der Waals surface area contributed by atoms with Crippen molar-refractivity contribution in [1.82, 2.24) is 0 Å². The van der Waals surface area contributed by atoms with E-state index in [0.29, 0.717) is 0 Å². The van der Waals surface area contributed by atoms with E-state index in [1.165, 1.54) is 33.4 Å². The minimum absolute atomic E-state index is 0.930. The number of anilines is 6. The van der Waals surface area contributed by atoms with E-state index in [4.69, 9.17) is 0 Å². The topological polar surface area (TPSA) is 6.48 Å². The van der Waals surface area contributed by atoms with Crippen LogP contribution < -0.4 is 9.80 Å². The highest BCUT2D eigenvalue weighted by Crippen LogP contribution is 2.38. The molecule has 0 spiro atoms. The number of nitrogens with zero attached hydrogens (tertiary/aromatic N) is 2. The fraction of sp³-hybridized carbons (Fsp3) is 0.0667. The molecule has 0 aliphatic rings. The number of aryl methyl sites for hydroxylation is 2. The molecule has 0 aliphatic heterocycles. The molecule has 0 saturated carbocycles. The van der Waals surface area contributed by atoms with Crippen molar-refractivity contribution in [1.29, 1.82) is 0 Å². The predicted octanol–water partition coefficient (Wildman–Crippen LogP) is 12.5. The quantitative estimate of drug-likeness (QED) is 0.161. The molecule has 0 bridgehead atoms. The summed E-state index contributed by atoms with van der Waals surface area (Å²) in [5, 5.41) is 0. The molecule has 228 valence electrons. The lowest BCUT2D eigenvalue weighted by atomic mass is 9.99.